The summed E-state index contributed by atoms with van der Waals surface area (Å²) in [5, 5.41) is 8.01. The normalized spacial score (nSPS) is 10.2. The van der Waals surface area contributed by atoms with E-state index in [1.807, 2.05) is 18.2 Å². The van der Waals surface area contributed by atoms with Crippen molar-refractivity contribution >= 4 is 33.8 Å². The van der Waals surface area contributed by atoms with Crippen LogP contribution in [0.15, 0.2) is 29.6 Å². The van der Waals surface area contributed by atoms with Crippen LogP contribution in [0.1, 0.15) is 41.1 Å². The Morgan fingerprint density at radius 3 is 2.71 bits per heavy atom. The first kappa shape index (κ1) is 15.2. The minimum atomic E-state index is -0.237. The lowest BCUT2D eigenvalue weighted by molar-refractivity contribution is 0.100. The highest BCUT2D eigenvalue weighted by Gasteiger charge is 2.13. The minimum Gasteiger partial charge on any atom is -0.384 e. The maximum atomic E-state index is 12.3. The summed E-state index contributed by atoms with van der Waals surface area (Å²) >= 11 is 1.24. The second-order valence-corrected chi connectivity index (χ2v) is 5.38. The number of para-hydroxylation sites is 1. The molecule has 110 valence electrons. The predicted molar refractivity (Wildman–Crippen MR) is 85.3 cm³/mol. The summed E-state index contributed by atoms with van der Waals surface area (Å²) < 4.78 is 0. The topological polar surface area (TPSA) is 71.1 Å². The van der Waals surface area contributed by atoms with Gasteiger partial charge in [-0.2, -0.15) is 0 Å². The molecule has 0 radical (unpaired) electrons. The number of carbonyl (C=O) groups is 2. The van der Waals surface area contributed by atoms with E-state index < -0.39 is 0 Å². The SMILES string of the molecule is CCCNc1ccccc1C(=O)Nc1nc(C(C)=O)cs1. The van der Waals surface area contributed by atoms with Crippen LogP contribution in [0.3, 0.4) is 0 Å². The molecular weight excluding hydrogens is 286 g/mol. The van der Waals surface area contributed by atoms with Gasteiger partial charge in [-0.3, -0.25) is 14.9 Å². The number of aromatic nitrogens is 1. The maximum Gasteiger partial charge on any atom is 0.259 e. The predicted octanol–water partition coefficient (Wildman–Crippen LogP) is 3.42. The third-order valence-corrected chi connectivity index (χ3v) is 3.58. The number of carbonyl (C=O) groups excluding carboxylic acids is 2. The molecule has 0 aliphatic rings. The number of nitrogens with zero attached hydrogens (tertiary/aromatic N) is 1. The number of anilines is 2. The molecule has 5 nitrogen and oxygen atoms in total. The molecule has 0 atom stereocenters. The summed E-state index contributed by atoms with van der Waals surface area (Å²) in [6, 6.07) is 7.32. The van der Waals surface area contributed by atoms with Crippen LogP contribution < -0.4 is 10.6 Å². The average molecular weight is 303 g/mol. The van der Waals surface area contributed by atoms with Crippen LogP contribution in [0.25, 0.3) is 0 Å². The molecule has 0 aliphatic carbocycles. The fraction of sp³-hybridized carbons (Fsp3) is 0.267. The van der Waals surface area contributed by atoms with E-state index in [4.69, 9.17) is 0 Å². The molecule has 1 heterocycles. The second-order valence-electron chi connectivity index (χ2n) is 4.52. The molecule has 1 amide bonds. The maximum absolute atomic E-state index is 12.3. The average Bonchev–Trinajstić information content (AvgIpc) is 2.94. The highest BCUT2D eigenvalue weighted by atomic mass is 32.1. The Morgan fingerprint density at radius 1 is 1.29 bits per heavy atom. The molecule has 0 aliphatic heterocycles. The number of ketones is 1. The second kappa shape index (κ2) is 6.99. The van der Waals surface area contributed by atoms with Crippen LogP contribution in [0.5, 0.6) is 0 Å². The molecule has 0 fully saturated rings. The monoisotopic (exact) mass is 303 g/mol. The fourth-order valence-corrected chi connectivity index (χ4v) is 2.50. The zero-order valence-corrected chi connectivity index (χ0v) is 12.8. The molecule has 0 spiro atoms. The molecule has 1 aromatic heterocycles. The molecule has 2 N–H and O–H groups in total. The molecule has 21 heavy (non-hydrogen) atoms. The minimum absolute atomic E-state index is 0.114. The molecule has 0 unspecified atom stereocenters. The van der Waals surface area contributed by atoms with Crippen LogP contribution in [0.2, 0.25) is 0 Å². The lowest BCUT2D eigenvalue weighted by atomic mass is 10.1. The first-order valence-corrected chi connectivity index (χ1v) is 7.60. The summed E-state index contributed by atoms with van der Waals surface area (Å²) in [5.74, 6) is -0.351. The molecule has 0 saturated carbocycles. The lowest BCUT2D eigenvalue weighted by Crippen LogP contribution is -2.15. The summed E-state index contributed by atoms with van der Waals surface area (Å²) in [6.07, 6.45) is 0.977. The highest BCUT2D eigenvalue weighted by molar-refractivity contribution is 7.14. The lowest BCUT2D eigenvalue weighted by Gasteiger charge is -2.10. The first-order valence-electron chi connectivity index (χ1n) is 6.72. The van der Waals surface area contributed by atoms with Gasteiger partial charge in [-0.05, 0) is 18.6 Å². The van der Waals surface area contributed by atoms with Crippen molar-refractivity contribution < 1.29 is 9.59 Å². The zero-order chi connectivity index (χ0) is 15.2. The zero-order valence-electron chi connectivity index (χ0n) is 12.0. The van der Waals surface area contributed by atoms with E-state index in [1.54, 1.807) is 11.4 Å². The number of thiazole rings is 1. The van der Waals surface area contributed by atoms with Crippen molar-refractivity contribution in [2.45, 2.75) is 20.3 Å². The van der Waals surface area contributed by atoms with E-state index in [0.29, 0.717) is 16.4 Å². The van der Waals surface area contributed by atoms with Gasteiger partial charge in [0.15, 0.2) is 10.9 Å². The Hall–Kier alpha value is -2.21. The number of Topliss-reactive ketones (excluding diaryl/α,β-unsaturated/α-hetero) is 1. The van der Waals surface area contributed by atoms with Crippen LogP contribution in [-0.4, -0.2) is 23.2 Å². The third-order valence-electron chi connectivity index (χ3n) is 2.82. The quantitative estimate of drug-likeness (QED) is 0.802. The molecule has 0 bridgehead atoms. The van der Waals surface area contributed by atoms with Crippen molar-refractivity contribution in [2.75, 3.05) is 17.2 Å². The Labute approximate surface area is 127 Å². The number of hydrogen-bond acceptors (Lipinski definition) is 5. The first-order chi connectivity index (χ1) is 10.1. The molecule has 2 rings (SSSR count). The number of benzene rings is 1. The van der Waals surface area contributed by atoms with Crippen molar-refractivity contribution in [3.63, 3.8) is 0 Å². The third kappa shape index (κ3) is 3.88. The van der Waals surface area contributed by atoms with Gasteiger partial charge in [0.05, 0.1) is 5.56 Å². The molecule has 6 heteroatoms. The van der Waals surface area contributed by atoms with Crippen LogP contribution >= 0.6 is 11.3 Å². The highest BCUT2D eigenvalue weighted by Crippen LogP contribution is 2.20. The van der Waals surface area contributed by atoms with E-state index in [0.717, 1.165) is 18.7 Å². The van der Waals surface area contributed by atoms with Gasteiger partial charge in [-0.1, -0.05) is 19.1 Å². The standard InChI is InChI=1S/C15H17N3O2S/c1-3-8-16-12-7-5-4-6-11(12)14(20)18-15-17-13(9-21-15)10(2)19/h4-7,9,16H,3,8H2,1-2H3,(H,17,18,20). The van der Waals surface area contributed by atoms with Crippen molar-refractivity contribution in [1.29, 1.82) is 0 Å². The molecule has 2 aromatic rings. The molecular formula is C15H17N3O2S. The van der Waals surface area contributed by atoms with Gasteiger partial charge in [-0.15, -0.1) is 11.3 Å². The molecule has 1 aromatic carbocycles. The Balaban J connectivity index is 2.14. The van der Waals surface area contributed by atoms with Gasteiger partial charge in [-0.25, -0.2) is 4.98 Å². The van der Waals surface area contributed by atoms with Gasteiger partial charge in [0.1, 0.15) is 5.69 Å². The van der Waals surface area contributed by atoms with Crippen LogP contribution in [0.4, 0.5) is 10.8 Å². The fourth-order valence-electron chi connectivity index (χ4n) is 1.75. The van der Waals surface area contributed by atoms with E-state index in [-0.39, 0.29) is 11.7 Å². The van der Waals surface area contributed by atoms with Gasteiger partial charge in [0.25, 0.3) is 5.91 Å². The Kier molecular flexibility index (Phi) is 5.05. The Bertz CT molecular complexity index is 652. The van der Waals surface area contributed by atoms with Gasteiger partial charge >= 0.3 is 0 Å². The van der Waals surface area contributed by atoms with Crippen molar-refractivity contribution in [2.24, 2.45) is 0 Å². The van der Waals surface area contributed by atoms with Gasteiger partial charge in [0.2, 0.25) is 0 Å². The van der Waals surface area contributed by atoms with E-state index >= 15 is 0 Å². The van der Waals surface area contributed by atoms with Crippen LogP contribution in [0, 0.1) is 0 Å². The summed E-state index contributed by atoms with van der Waals surface area (Å²) in [7, 11) is 0. The summed E-state index contributed by atoms with van der Waals surface area (Å²) in [6.45, 7) is 4.31. The van der Waals surface area contributed by atoms with E-state index in [1.165, 1.54) is 18.3 Å². The molecule has 0 saturated heterocycles. The number of hydrogen-bond donors (Lipinski definition) is 2. The number of rotatable bonds is 6. The van der Waals surface area contributed by atoms with Crippen molar-refractivity contribution in [3.05, 3.63) is 40.9 Å². The van der Waals surface area contributed by atoms with E-state index in [2.05, 4.69) is 22.5 Å². The summed E-state index contributed by atoms with van der Waals surface area (Å²) in [4.78, 5) is 27.6. The Morgan fingerprint density at radius 2 is 2.05 bits per heavy atom. The van der Waals surface area contributed by atoms with Crippen LogP contribution in [-0.2, 0) is 0 Å². The van der Waals surface area contributed by atoms with E-state index in [9.17, 15) is 9.59 Å². The largest absolute Gasteiger partial charge is 0.384 e. The number of amides is 1. The van der Waals surface area contributed by atoms with Gasteiger partial charge < -0.3 is 5.32 Å². The smallest absolute Gasteiger partial charge is 0.259 e. The van der Waals surface area contributed by atoms with Crippen molar-refractivity contribution in [3.8, 4) is 0 Å². The number of nitrogens with one attached hydrogen (secondary N) is 2. The summed E-state index contributed by atoms with van der Waals surface area (Å²) in [5.41, 5.74) is 1.72. The van der Waals surface area contributed by atoms with Gasteiger partial charge in [0, 0.05) is 24.5 Å². The van der Waals surface area contributed by atoms with Crippen molar-refractivity contribution in [1.82, 2.24) is 4.98 Å².